The van der Waals surface area contributed by atoms with Crippen molar-refractivity contribution in [1.29, 1.82) is 0 Å². The van der Waals surface area contributed by atoms with Crippen molar-refractivity contribution < 1.29 is 4.92 Å². The first-order valence-electron chi connectivity index (χ1n) is 9.67. The second-order valence-electron chi connectivity index (χ2n) is 7.03. The summed E-state index contributed by atoms with van der Waals surface area (Å²) in [6, 6.07) is 14.6. The van der Waals surface area contributed by atoms with Gasteiger partial charge >= 0.3 is 0 Å². The molecule has 1 aliphatic heterocycles. The fourth-order valence-electron chi connectivity index (χ4n) is 3.70. The van der Waals surface area contributed by atoms with E-state index >= 15 is 0 Å². The molecule has 2 heterocycles. The van der Waals surface area contributed by atoms with Gasteiger partial charge in [0.1, 0.15) is 0 Å². The number of nitrogens with zero attached hydrogens (tertiary/aromatic N) is 5. The first-order chi connectivity index (χ1) is 13.7. The highest BCUT2D eigenvalue weighted by molar-refractivity contribution is 5.87. The van der Waals surface area contributed by atoms with Gasteiger partial charge in [0, 0.05) is 25.4 Å². The first kappa shape index (κ1) is 18.3. The largest absolute Gasteiger partial charge is 0.307 e. The van der Waals surface area contributed by atoms with Gasteiger partial charge in [0.05, 0.1) is 21.5 Å². The van der Waals surface area contributed by atoms with E-state index in [4.69, 9.17) is 0 Å². The zero-order chi connectivity index (χ0) is 19.3. The molecule has 1 fully saturated rings. The summed E-state index contributed by atoms with van der Waals surface area (Å²) in [6.07, 6.45) is 5.37. The summed E-state index contributed by atoms with van der Waals surface area (Å²) < 4.78 is 2.11. The molecule has 1 aromatic heterocycles. The van der Waals surface area contributed by atoms with Gasteiger partial charge in [-0.15, -0.1) is 0 Å². The molecule has 1 saturated heterocycles. The molecule has 2 aromatic carbocycles. The number of hydrogen-bond donors (Lipinski definition) is 0. The molecule has 144 valence electrons. The van der Waals surface area contributed by atoms with Crippen LogP contribution in [0.4, 0.5) is 11.6 Å². The molecule has 0 spiro atoms. The Morgan fingerprint density at radius 1 is 1.04 bits per heavy atom. The highest BCUT2D eigenvalue weighted by Crippen LogP contribution is 2.23. The van der Waals surface area contributed by atoms with E-state index < -0.39 is 0 Å². The lowest BCUT2D eigenvalue weighted by atomic mass is 10.1. The molecule has 3 aromatic rings. The number of benzene rings is 2. The minimum absolute atomic E-state index is 0.0437. The molecule has 0 aliphatic carbocycles. The molecular formula is C21H23N5O2. The number of nitro benzene ring substituents is 1. The third kappa shape index (κ3) is 3.94. The zero-order valence-electron chi connectivity index (χ0n) is 15.7. The Morgan fingerprint density at radius 3 is 2.61 bits per heavy atom. The van der Waals surface area contributed by atoms with E-state index in [1.807, 2.05) is 24.3 Å². The average Bonchev–Trinajstić information content (AvgIpc) is 3.09. The Kier molecular flexibility index (Phi) is 5.43. The molecular weight excluding hydrogens is 354 g/mol. The van der Waals surface area contributed by atoms with Crippen LogP contribution in [0.15, 0.2) is 53.5 Å². The lowest BCUT2D eigenvalue weighted by molar-refractivity contribution is -0.385. The van der Waals surface area contributed by atoms with E-state index in [1.54, 1.807) is 18.2 Å². The van der Waals surface area contributed by atoms with Crippen LogP contribution in [-0.4, -0.2) is 45.2 Å². The summed E-state index contributed by atoms with van der Waals surface area (Å²) in [5.41, 5.74) is 2.44. The van der Waals surface area contributed by atoms with Crippen LogP contribution in [0.2, 0.25) is 0 Å². The predicted molar refractivity (Wildman–Crippen MR) is 110 cm³/mol. The van der Waals surface area contributed by atoms with Crippen LogP contribution in [0.5, 0.6) is 0 Å². The highest BCUT2D eigenvalue weighted by atomic mass is 16.6. The van der Waals surface area contributed by atoms with Crippen LogP contribution in [0.3, 0.4) is 0 Å². The molecule has 0 saturated carbocycles. The van der Waals surface area contributed by atoms with Gasteiger partial charge in [0.15, 0.2) is 0 Å². The SMILES string of the molecule is O=[N+]([O-])c1ccccc1C=Nc1nc2ccccc2n1CCN1CCCCC1. The minimum Gasteiger partial charge on any atom is -0.307 e. The summed E-state index contributed by atoms with van der Waals surface area (Å²) in [4.78, 5) is 22.5. The summed E-state index contributed by atoms with van der Waals surface area (Å²) in [7, 11) is 0. The molecule has 0 amide bonds. The van der Waals surface area contributed by atoms with Crippen LogP contribution in [0.25, 0.3) is 11.0 Å². The minimum atomic E-state index is -0.388. The quantitative estimate of drug-likeness (QED) is 0.367. The number of para-hydroxylation sites is 3. The van der Waals surface area contributed by atoms with E-state index in [0.29, 0.717) is 11.5 Å². The predicted octanol–water partition coefficient (Wildman–Crippen LogP) is 4.18. The normalized spacial score (nSPS) is 15.4. The van der Waals surface area contributed by atoms with Crippen molar-refractivity contribution >= 4 is 28.9 Å². The lowest BCUT2D eigenvalue weighted by Gasteiger charge is -2.26. The number of hydrogen-bond acceptors (Lipinski definition) is 5. The maximum Gasteiger partial charge on any atom is 0.278 e. The van der Waals surface area contributed by atoms with Gasteiger partial charge in [-0.3, -0.25) is 10.1 Å². The van der Waals surface area contributed by atoms with E-state index in [1.165, 1.54) is 31.5 Å². The highest BCUT2D eigenvalue weighted by Gasteiger charge is 2.14. The molecule has 0 N–H and O–H groups in total. The van der Waals surface area contributed by atoms with E-state index in [-0.39, 0.29) is 10.6 Å². The first-order valence-corrected chi connectivity index (χ1v) is 9.67. The van der Waals surface area contributed by atoms with Crippen LogP contribution in [0, 0.1) is 10.1 Å². The number of likely N-dealkylation sites (tertiary alicyclic amines) is 1. The van der Waals surface area contributed by atoms with Gasteiger partial charge in [-0.1, -0.05) is 30.7 Å². The molecule has 7 heteroatoms. The van der Waals surface area contributed by atoms with E-state index in [2.05, 4.69) is 19.4 Å². The number of imidazole rings is 1. The van der Waals surface area contributed by atoms with Crippen molar-refractivity contribution in [2.45, 2.75) is 25.8 Å². The maximum atomic E-state index is 11.2. The smallest absolute Gasteiger partial charge is 0.278 e. The monoisotopic (exact) mass is 377 g/mol. The molecule has 28 heavy (non-hydrogen) atoms. The average molecular weight is 377 g/mol. The number of fused-ring (bicyclic) bond motifs is 1. The fourth-order valence-corrected chi connectivity index (χ4v) is 3.70. The van der Waals surface area contributed by atoms with Gasteiger partial charge in [-0.25, -0.2) is 9.98 Å². The Labute approximate surface area is 163 Å². The summed E-state index contributed by atoms with van der Waals surface area (Å²) in [5, 5.41) is 11.2. The standard InChI is InChI=1S/C21H23N5O2/c27-26(28)19-10-4-2-8-17(19)16-22-21-23-18-9-3-5-11-20(18)25(21)15-14-24-12-6-1-7-13-24/h2-5,8-11,16H,1,6-7,12-15H2. The Balaban J connectivity index is 1.64. The number of aromatic nitrogens is 2. The fraction of sp³-hybridized carbons (Fsp3) is 0.333. The third-order valence-corrected chi connectivity index (χ3v) is 5.18. The third-order valence-electron chi connectivity index (χ3n) is 5.18. The van der Waals surface area contributed by atoms with Crippen molar-refractivity contribution in [3.63, 3.8) is 0 Å². The number of nitro groups is 1. The van der Waals surface area contributed by atoms with E-state index in [9.17, 15) is 10.1 Å². The lowest BCUT2D eigenvalue weighted by Crippen LogP contribution is -2.32. The number of rotatable bonds is 6. The second-order valence-corrected chi connectivity index (χ2v) is 7.03. The Bertz CT molecular complexity index is 1000. The van der Waals surface area contributed by atoms with Crippen LogP contribution in [0.1, 0.15) is 24.8 Å². The van der Waals surface area contributed by atoms with E-state index in [0.717, 1.165) is 37.2 Å². The molecule has 0 radical (unpaired) electrons. The van der Waals surface area contributed by atoms with Crippen LogP contribution in [-0.2, 0) is 6.54 Å². The summed E-state index contributed by atoms with van der Waals surface area (Å²) >= 11 is 0. The second kappa shape index (κ2) is 8.31. The Morgan fingerprint density at radius 2 is 1.79 bits per heavy atom. The molecule has 7 nitrogen and oxygen atoms in total. The van der Waals surface area contributed by atoms with Crippen molar-refractivity contribution in [3.8, 4) is 0 Å². The van der Waals surface area contributed by atoms with Gasteiger partial charge in [0.2, 0.25) is 5.95 Å². The summed E-state index contributed by atoms with van der Waals surface area (Å²) in [6.45, 7) is 4.03. The van der Waals surface area contributed by atoms with Crippen molar-refractivity contribution in [2.24, 2.45) is 4.99 Å². The van der Waals surface area contributed by atoms with Crippen LogP contribution < -0.4 is 0 Å². The molecule has 1 aliphatic rings. The number of piperidine rings is 1. The van der Waals surface area contributed by atoms with Gasteiger partial charge in [-0.05, 0) is 44.1 Å². The number of aliphatic imine (C=N–C) groups is 1. The molecule has 4 rings (SSSR count). The summed E-state index contributed by atoms with van der Waals surface area (Å²) in [5.74, 6) is 0.580. The van der Waals surface area contributed by atoms with Gasteiger partial charge in [0.25, 0.3) is 5.69 Å². The molecule has 0 unspecified atom stereocenters. The Hall–Kier alpha value is -3.06. The topological polar surface area (TPSA) is 76.6 Å². The van der Waals surface area contributed by atoms with Crippen molar-refractivity contribution in [1.82, 2.24) is 14.5 Å². The molecule has 0 atom stereocenters. The van der Waals surface area contributed by atoms with Crippen molar-refractivity contribution in [2.75, 3.05) is 19.6 Å². The maximum absolute atomic E-state index is 11.2. The zero-order valence-corrected chi connectivity index (χ0v) is 15.7. The van der Waals surface area contributed by atoms with Gasteiger partial charge < -0.3 is 9.47 Å². The molecule has 0 bridgehead atoms. The van der Waals surface area contributed by atoms with Gasteiger partial charge in [-0.2, -0.15) is 0 Å². The van der Waals surface area contributed by atoms with Crippen molar-refractivity contribution in [3.05, 3.63) is 64.2 Å². The van der Waals surface area contributed by atoms with Crippen LogP contribution >= 0.6 is 0 Å².